The van der Waals surface area contributed by atoms with E-state index in [4.69, 9.17) is 0 Å². The third-order valence-electron chi connectivity index (χ3n) is 4.68. The zero-order valence-corrected chi connectivity index (χ0v) is 19.4. The number of benzene rings is 2. The summed E-state index contributed by atoms with van der Waals surface area (Å²) >= 11 is 0.878. The molecule has 2 aromatic carbocycles. The van der Waals surface area contributed by atoms with Crippen LogP contribution < -0.4 is 4.72 Å². The van der Waals surface area contributed by atoms with E-state index in [-0.39, 0.29) is 14.7 Å². The first kappa shape index (κ1) is 23.1. The molecule has 3 rings (SSSR count). The number of aryl methyl sites for hydroxylation is 2. The van der Waals surface area contributed by atoms with Gasteiger partial charge >= 0.3 is 5.97 Å². The van der Waals surface area contributed by atoms with Crippen molar-refractivity contribution in [3.05, 3.63) is 81.0 Å². The summed E-state index contributed by atoms with van der Waals surface area (Å²) in [6, 6.07) is 13.5. The SMILES string of the molecule is Cc1ccc(C(NS(=O)(=O)c2cc(C(=O)O)sc2C)c2cccc(S(C)(=O)=O)c2)cc1. The number of aromatic carboxylic acids is 1. The molecule has 7 nitrogen and oxygen atoms in total. The van der Waals surface area contributed by atoms with Gasteiger partial charge < -0.3 is 5.11 Å². The van der Waals surface area contributed by atoms with Crippen molar-refractivity contribution in [1.82, 2.24) is 4.72 Å². The van der Waals surface area contributed by atoms with Crippen LogP contribution in [0.3, 0.4) is 0 Å². The second-order valence-electron chi connectivity index (χ2n) is 7.15. The Balaban J connectivity index is 2.12. The van der Waals surface area contributed by atoms with Crippen molar-refractivity contribution in [2.75, 3.05) is 6.26 Å². The number of carbonyl (C=O) groups is 1. The smallest absolute Gasteiger partial charge is 0.345 e. The Kier molecular flexibility index (Phi) is 6.38. The fraction of sp³-hybridized carbons (Fsp3) is 0.190. The summed E-state index contributed by atoms with van der Waals surface area (Å²) in [5, 5.41) is 9.20. The highest BCUT2D eigenvalue weighted by Gasteiger charge is 2.27. The molecule has 0 saturated heterocycles. The van der Waals surface area contributed by atoms with Gasteiger partial charge in [-0.1, -0.05) is 42.0 Å². The average Bonchev–Trinajstić information content (AvgIpc) is 3.09. The highest BCUT2D eigenvalue weighted by Crippen LogP contribution is 2.30. The molecule has 0 aliphatic carbocycles. The molecule has 0 amide bonds. The van der Waals surface area contributed by atoms with Crippen LogP contribution in [0.15, 0.2) is 64.4 Å². The standard InChI is InChI=1S/C21H21NO6S3/c1-13-7-9-15(10-8-13)20(16-5-4-6-17(11-16)30(3,25)26)22-31(27,28)19-12-18(21(23)24)29-14(19)2/h4-12,20,22H,1-3H3,(H,23,24). The normalized spacial score (nSPS) is 13.1. The molecule has 3 aromatic rings. The van der Waals surface area contributed by atoms with Crippen LogP contribution in [0.4, 0.5) is 0 Å². The fourth-order valence-corrected chi connectivity index (χ4v) is 6.39. The van der Waals surface area contributed by atoms with Crippen molar-refractivity contribution >= 4 is 37.2 Å². The highest BCUT2D eigenvalue weighted by atomic mass is 32.2. The van der Waals surface area contributed by atoms with Gasteiger partial charge in [0.2, 0.25) is 10.0 Å². The largest absolute Gasteiger partial charge is 0.477 e. The number of nitrogens with one attached hydrogen (secondary N) is 1. The first-order valence-corrected chi connectivity index (χ1v) is 13.3. The molecule has 0 fully saturated rings. The first-order chi connectivity index (χ1) is 14.4. The van der Waals surface area contributed by atoms with E-state index in [1.807, 2.05) is 19.1 Å². The van der Waals surface area contributed by atoms with Crippen LogP contribution in [0.25, 0.3) is 0 Å². The quantitative estimate of drug-likeness (QED) is 0.535. The van der Waals surface area contributed by atoms with Crippen molar-refractivity contribution in [3.63, 3.8) is 0 Å². The van der Waals surface area contributed by atoms with E-state index < -0.39 is 31.9 Å². The zero-order valence-electron chi connectivity index (χ0n) is 17.0. The van der Waals surface area contributed by atoms with E-state index in [1.165, 1.54) is 19.1 Å². The van der Waals surface area contributed by atoms with Crippen LogP contribution in [0.5, 0.6) is 0 Å². The number of thiophene rings is 1. The molecular weight excluding hydrogens is 458 g/mol. The van der Waals surface area contributed by atoms with Gasteiger partial charge in [0.15, 0.2) is 9.84 Å². The number of carboxylic acids is 1. The molecule has 1 aromatic heterocycles. The van der Waals surface area contributed by atoms with Gasteiger partial charge in [-0.15, -0.1) is 11.3 Å². The maximum Gasteiger partial charge on any atom is 0.345 e. The molecule has 0 aliphatic heterocycles. The summed E-state index contributed by atoms with van der Waals surface area (Å²) < 4.78 is 53.0. The lowest BCUT2D eigenvalue weighted by molar-refractivity contribution is 0.0702. The molecule has 31 heavy (non-hydrogen) atoms. The van der Waals surface area contributed by atoms with Crippen LogP contribution in [-0.2, 0) is 19.9 Å². The van der Waals surface area contributed by atoms with E-state index in [1.54, 1.807) is 24.3 Å². The minimum absolute atomic E-state index is 0.0705. The Morgan fingerprint density at radius 1 is 0.968 bits per heavy atom. The Morgan fingerprint density at radius 2 is 1.61 bits per heavy atom. The van der Waals surface area contributed by atoms with Gasteiger partial charge in [0.05, 0.1) is 15.8 Å². The molecule has 0 spiro atoms. The van der Waals surface area contributed by atoms with Crippen molar-refractivity contribution in [3.8, 4) is 0 Å². The molecule has 164 valence electrons. The zero-order chi connectivity index (χ0) is 23.0. The van der Waals surface area contributed by atoms with Gasteiger partial charge in [0.25, 0.3) is 0 Å². The van der Waals surface area contributed by atoms with Crippen LogP contribution in [0.2, 0.25) is 0 Å². The minimum atomic E-state index is -4.11. The number of hydrogen-bond donors (Lipinski definition) is 2. The Hall–Kier alpha value is -2.53. The third kappa shape index (κ3) is 5.21. The van der Waals surface area contributed by atoms with Gasteiger partial charge in [-0.05, 0) is 43.2 Å². The second-order valence-corrected chi connectivity index (χ2v) is 12.1. The van der Waals surface area contributed by atoms with Gasteiger partial charge in [-0.2, -0.15) is 4.72 Å². The monoisotopic (exact) mass is 479 g/mol. The van der Waals surface area contributed by atoms with Gasteiger partial charge in [0.1, 0.15) is 4.88 Å². The summed E-state index contributed by atoms with van der Waals surface area (Å²) in [6.07, 6.45) is 1.08. The summed E-state index contributed by atoms with van der Waals surface area (Å²) in [5.41, 5.74) is 2.04. The molecule has 0 radical (unpaired) electrons. The van der Waals surface area contributed by atoms with Gasteiger partial charge in [0, 0.05) is 11.1 Å². The number of sulfone groups is 1. The van der Waals surface area contributed by atoms with Crippen LogP contribution in [0, 0.1) is 13.8 Å². The second kappa shape index (κ2) is 8.54. The molecule has 1 heterocycles. The molecule has 0 aliphatic rings. The molecule has 2 N–H and O–H groups in total. The van der Waals surface area contributed by atoms with E-state index in [9.17, 15) is 26.7 Å². The third-order valence-corrected chi connectivity index (χ3v) is 8.50. The topological polar surface area (TPSA) is 118 Å². The molecule has 0 bridgehead atoms. The molecule has 0 saturated carbocycles. The lowest BCUT2D eigenvalue weighted by Gasteiger charge is -2.20. The van der Waals surface area contributed by atoms with Crippen LogP contribution in [-0.4, -0.2) is 34.2 Å². The lowest BCUT2D eigenvalue weighted by atomic mass is 9.99. The van der Waals surface area contributed by atoms with Gasteiger partial charge in [-0.25, -0.2) is 21.6 Å². The van der Waals surface area contributed by atoms with Crippen molar-refractivity contribution in [2.45, 2.75) is 29.7 Å². The van der Waals surface area contributed by atoms with E-state index in [0.29, 0.717) is 16.0 Å². The Bertz CT molecular complexity index is 1340. The number of hydrogen-bond acceptors (Lipinski definition) is 6. The Morgan fingerprint density at radius 3 is 2.16 bits per heavy atom. The molecule has 1 atom stereocenters. The maximum absolute atomic E-state index is 13.2. The van der Waals surface area contributed by atoms with Crippen molar-refractivity contribution in [1.29, 1.82) is 0 Å². The van der Waals surface area contributed by atoms with E-state index in [2.05, 4.69) is 4.72 Å². The fourth-order valence-electron chi connectivity index (χ4n) is 3.07. The predicted molar refractivity (Wildman–Crippen MR) is 119 cm³/mol. The maximum atomic E-state index is 13.2. The Labute approximate surface area is 185 Å². The molecule has 1 unspecified atom stereocenters. The average molecular weight is 480 g/mol. The number of rotatable bonds is 7. The first-order valence-electron chi connectivity index (χ1n) is 9.11. The van der Waals surface area contributed by atoms with Crippen molar-refractivity contribution in [2.24, 2.45) is 0 Å². The minimum Gasteiger partial charge on any atom is -0.477 e. The van der Waals surface area contributed by atoms with Crippen LogP contribution >= 0.6 is 11.3 Å². The van der Waals surface area contributed by atoms with E-state index in [0.717, 1.165) is 29.2 Å². The lowest BCUT2D eigenvalue weighted by Crippen LogP contribution is -2.29. The summed E-state index contributed by atoms with van der Waals surface area (Å²) in [4.78, 5) is 11.5. The summed E-state index contributed by atoms with van der Waals surface area (Å²) in [5.74, 6) is -1.20. The summed E-state index contributed by atoms with van der Waals surface area (Å²) in [7, 11) is -7.61. The predicted octanol–water partition coefficient (Wildman–Crippen LogP) is 3.53. The van der Waals surface area contributed by atoms with Crippen molar-refractivity contribution < 1.29 is 26.7 Å². The van der Waals surface area contributed by atoms with Gasteiger partial charge in [-0.3, -0.25) is 0 Å². The van der Waals surface area contributed by atoms with Crippen LogP contribution in [0.1, 0.15) is 37.3 Å². The number of sulfonamides is 1. The molecule has 10 heteroatoms. The highest BCUT2D eigenvalue weighted by molar-refractivity contribution is 7.90. The molecular formula is C21H21NO6S3. The van der Waals surface area contributed by atoms with E-state index >= 15 is 0 Å². The number of carboxylic acid groups (broad SMARTS) is 1. The summed E-state index contributed by atoms with van der Waals surface area (Å²) in [6.45, 7) is 3.44.